The second-order valence-electron chi connectivity index (χ2n) is 3.76. The van der Waals surface area contributed by atoms with Gasteiger partial charge in [-0.15, -0.1) is 0 Å². The Balaban J connectivity index is 2.17. The highest BCUT2D eigenvalue weighted by Crippen LogP contribution is 2.23. The second-order valence-corrected chi connectivity index (χ2v) is 4.19. The largest absolute Gasteiger partial charge is 0.364 e. The van der Waals surface area contributed by atoms with E-state index < -0.39 is 4.92 Å². The predicted molar refractivity (Wildman–Crippen MR) is 68.6 cm³/mol. The quantitative estimate of drug-likeness (QED) is 0.682. The van der Waals surface area contributed by atoms with Crippen LogP contribution in [0.5, 0.6) is 0 Å². The van der Waals surface area contributed by atoms with Gasteiger partial charge in [0.15, 0.2) is 0 Å². The Morgan fingerprint density at radius 1 is 1.50 bits per heavy atom. The predicted octanol–water partition coefficient (Wildman–Crippen LogP) is 2.59. The molecule has 2 aromatic rings. The molecule has 1 aromatic carbocycles. The van der Waals surface area contributed by atoms with E-state index in [0.29, 0.717) is 22.9 Å². The minimum Gasteiger partial charge on any atom is -0.364 e. The SMILES string of the molecule is Cn1ccc(NCc2cc(Cl)ccc2[N+](=O)[O-])n1. The molecule has 0 bridgehead atoms. The Kier molecular flexibility index (Phi) is 3.47. The molecule has 0 atom stereocenters. The second kappa shape index (κ2) is 5.05. The molecule has 1 heterocycles. The molecule has 0 fully saturated rings. The van der Waals surface area contributed by atoms with Gasteiger partial charge in [-0.1, -0.05) is 11.6 Å². The van der Waals surface area contributed by atoms with E-state index in [1.54, 1.807) is 30.1 Å². The van der Waals surface area contributed by atoms with Gasteiger partial charge in [0.1, 0.15) is 5.82 Å². The van der Waals surface area contributed by atoms with Crippen LogP contribution in [0.2, 0.25) is 5.02 Å². The number of aryl methyl sites for hydroxylation is 1. The summed E-state index contributed by atoms with van der Waals surface area (Å²) in [5.41, 5.74) is 0.570. The molecule has 0 unspecified atom stereocenters. The maximum Gasteiger partial charge on any atom is 0.274 e. The number of nitrogens with zero attached hydrogens (tertiary/aromatic N) is 3. The Morgan fingerprint density at radius 2 is 2.28 bits per heavy atom. The molecule has 1 N–H and O–H groups in total. The summed E-state index contributed by atoms with van der Waals surface area (Å²) in [6.07, 6.45) is 1.79. The average Bonchev–Trinajstić information content (AvgIpc) is 2.72. The van der Waals surface area contributed by atoms with E-state index in [1.165, 1.54) is 12.1 Å². The summed E-state index contributed by atoms with van der Waals surface area (Å²) in [7, 11) is 1.80. The van der Waals surface area contributed by atoms with Gasteiger partial charge in [-0.2, -0.15) is 5.10 Å². The first kappa shape index (κ1) is 12.4. The van der Waals surface area contributed by atoms with Crippen LogP contribution in [0.15, 0.2) is 30.5 Å². The highest BCUT2D eigenvalue weighted by Gasteiger charge is 2.13. The number of hydrogen-bond donors (Lipinski definition) is 1. The van der Waals surface area contributed by atoms with E-state index in [1.807, 2.05) is 0 Å². The van der Waals surface area contributed by atoms with E-state index in [9.17, 15) is 10.1 Å². The number of hydrogen-bond acceptors (Lipinski definition) is 4. The number of nitro groups is 1. The van der Waals surface area contributed by atoms with E-state index in [4.69, 9.17) is 11.6 Å². The normalized spacial score (nSPS) is 10.3. The first-order valence-corrected chi connectivity index (χ1v) is 5.60. The van der Waals surface area contributed by atoms with Crippen molar-refractivity contribution in [3.05, 3.63) is 51.2 Å². The molecule has 0 radical (unpaired) electrons. The highest BCUT2D eigenvalue weighted by molar-refractivity contribution is 6.30. The van der Waals surface area contributed by atoms with E-state index in [-0.39, 0.29) is 5.69 Å². The standard InChI is InChI=1S/C11H11ClN4O2/c1-15-5-4-11(14-15)13-7-8-6-9(12)2-3-10(8)16(17)18/h2-6H,7H2,1H3,(H,13,14). The first-order chi connectivity index (χ1) is 8.56. The first-order valence-electron chi connectivity index (χ1n) is 5.22. The number of nitro benzene ring substituents is 1. The van der Waals surface area contributed by atoms with Crippen LogP contribution in [0.1, 0.15) is 5.56 Å². The van der Waals surface area contributed by atoms with Crippen LogP contribution in [0.4, 0.5) is 11.5 Å². The molecule has 2 rings (SSSR count). The van der Waals surface area contributed by atoms with Gasteiger partial charge < -0.3 is 5.32 Å². The fourth-order valence-corrected chi connectivity index (χ4v) is 1.76. The van der Waals surface area contributed by atoms with Gasteiger partial charge in [-0.3, -0.25) is 14.8 Å². The van der Waals surface area contributed by atoms with Crippen LogP contribution >= 0.6 is 11.6 Å². The lowest BCUT2D eigenvalue weighted by molar-refractivity contribution is -0.385. The van der Waals surface area contributed by atoms with Gasteiger partial charge in [-0.05, 0) is 12.1 Å². The summed E-state index contributed by atoms with van der Waals surface area (Å²) in [6.45, 7) is 0.299. The highest BCUT2D eigenvalue weighted by atomic mass is 35.5. The maximum absolute atomic E-state index is 10.9. The van der Waals surface area contributed by atoms with E-state index in [2.05, 4.69) is 10.4 Å². The molecule has 18 heavy (non-hydrogen) atoms. The zero-order valence-electron chi connectivity index (χ0n) is 9.63. The molecule has 6 nitrogen and oxygen atoms in total. The van der Waals surface area contributed by atoms with Crippen molar-refractivity contribution < 1.29 is 4.92 Å². The summed E-state index contributed by atoms with van der Waals surface area (Å²) >= 11 is 5.84. The smallest absolute Gasteiger partial charge is 0.274 e. The zero-order chi connectivity index (χ0) is 13.1. The number of nitrogens with one attached hydrogen (secondary N) is 1. The fraction of sp³-hybridized carbons (Fsp3) is 0.182. The van der Waals surface area contributed by atoms with Crippen LogP contribution in [0.3, 0.4) is 0 Å². The monoisotopic (exact) mass is 266 g/mol. The molecule has 7 heteroatoms. The topological polar surface area (TPSA) is 73.0 Å². The van der Waals surface area contributed by atoms with Gasteiger partial charge in [0.2, 0.25) is 0 Å². The molecular weight excluding hydrogens is 256 g/mol. The van der Waals surface area contributed by atoms with Crippen LogP contribution in [0, 0.1) is 10.1 Å². The molecule has 0 amide bonds. The molecule has 0 aliphatic rings. The van der Waals surface area contributed by atoms with Crippen LogP contribution in [0.25, 0.3) is 0 Å². The summed E-state index contributed by atoms with van der Waals surface area (Å²) in [6, 6.07) is 6.27. The molecule has 0 spiro atoms. The molecule has 0 aliphatic carbocycles. The molecule has 1 aromatic heterocycles. The van der Waals surface area contributed by atoms with Gasteiger partial charge >= 0.3 is 0 Å². The minimum atomic E-state index is -0.425. The van der Waals surface area contributed by atoms with Crippen molar-refractivity contribution in [2.75, 3.05) is 5.32 Å². The Bertz CT molecular complexity index is 582. The lowest BCUT2D eigenvalue weighted by Crippen LogP contribution is -2.04. The Labute approximate surface area is 108 Å². The van der Waals surface area contributed by atoms with Crippen molar-refractivity contribution in [2.45, 2.75) is 6.54 Å². The maximum atomic E-state index is 10.9. The van der Waals surface area contributed by atoms with Crippen molar-refractivity contribution in [1.82, 2.24) is 9.78 Å². The van der Waals surface area contributed by atoms with E-state index >= 15 is 0 Å². The third-order valence-electron chi connectivity index (χ3n) is 2.41. The molecule has 0 aliphatic heterocycles. The summed E-state index contributed by atoms with van der Waals surface area (Å²) in [5, 5.41) is 18.5. The Morgan fingerprint density at radius 3 is 2.89 bits per heavy atom. The molecule has 94 valence electrons. The fourth-order valence-electron chi connectivity index (χ4n) is 1.57. The third-order valence-corrected chi connectivity index (χ3v) is 2.65. The van der Waals surface area contributed by atoms with Crippen molar-refractivity contribution in [2.24, 2.45) is 7.05 Å². The van der Waals surface area contributed by atoms with Gasteiger partial charge in [0.25, 0.3) is 5.69 Å². The summed E-state index contributed by atoms with van der Waals surface area (Å²) in [4.78, 5) is 10.4. The van der Waals surface area contributed by atoms with Gasteiger partial charge in [-0.25, -0.2) is 0 Å². The number of aromatic nitrogens is 2. The number of benzene rings is 1. The van der Waals surface area contributed by atoms with Crippen LogP contribution in [-0.4, -0.2) is 14.7 Å². The summed E-state index contributed by atoms with van der Waals surface area (Å²) in [5.74, 6) is 0.659. The van der Waals surface area contributed by atoms with Crippen molar-refractivity contribution in [3.8, 4) is 0 Å². The minimum absolute atomic E-state index is 0.0443. The molecule has 0 saturated heterocycles. The lowest BCUT2D eigenvalue weighted by atomic mass is 10.2. The number of halogens is 1. The molecule has 0 saturated carbocycles. The van der Waals surface area contributed by atoms with Crippen molar-refractivity contribution >= 4 is 23.1 Å². The Hall–Kier alpha value is -2.08. The number of rotatable bonds is 4. The van der Waals surface area contributed by atoms with Gasteiger partial charge in [0, 0.05) is 36.9 Å². The van der Waals surface area contributed by atoms with Crippen LogP contribution in [-0.2, 0) is 13.6 Å². The third kappa shape index (κ3) is 2.78. The average molecular weight is 267 g/mol. The molecular formula is C11H11ClN4O2. The van der Waals surface area contributed by atoms with Gasteiger partial charge in [0.05, 0.1) is 10.5 Å². The zero-order valence-corrected chi connectivity index (χ0v) is 10.4. The van der Waals surface area contributed by atoms with Crippen molar-refractivity contribution in [1.29, 1.82) is 0 Å². The van der Waals surface area contributed by atoms with Crippen LogP contribution < -0.4 is 5.32 Å². The van der Waals surface area contributed by atoms with E-state index in [0.717, 1.165) is 0 Å². The lowest BCUT2D eigenvalue weighted by Gasteiger charge is -2.05. The summed E-state index contributed by atoms with van der Waals surface area (Å²) < 4.78 is 1.65. The van der Waals surface area contributed by atoms with Crippen molar-refractivity contribution in [3.63, 3.8) is 0 Å². The number of anilines is 1.